The number of nitrogens with zero attached hydrogens (tertiary/aromatic N) is 1. The summed E-state index contributed by atoms with van der Waals surface area (Å²) >= 11 is 5.82. The highest BCUT2D eigenvalue weighted by Gasteiger charge is 2.12. The van der Waals surface area contributed by atoms with Crippen molar-refractivity contribution in [3.05, 3.63) is 35.4 Å². The molecule has 1 aromatic carbocycles. The van der Waals surface area contributed by atoms with E-state index in [-0.39, 0.29) is 0 Å². The highest BCUT2D eigenvalue weighted by molar-refractivity contribution is 6.18. The molecule has 0 N–H and O–H groups in total. The largest absolute Gasteiger partial charge is 0.379 e. The standard InChI is InChI=1S/C13H18ClNO/c14-6-5-12-3-1-2-4-13(12)11-15-7-9-16-10-8-15/h1-4H,5-11H2. The molecule has 0 atom stereocenters. The first-order valence-corrected chi connectivity index (χ1v) is 6.36. The van der Waals surface area contributed by atoms with Crippen LogP contribution in [0.5, 0.6) is 0 Å². The summed E-state index contributed by atoms with van der Waals surface area (Å²) < 4.78 is 5.35. The van der Waals surface area contributed by atoms with Crippen molar-refractivity contribution in [1.82, 2.24) is 4.90 Å². The SMILES string of the molecule is ClCCc1ccccc1CN1CCOCC1. The van der Waals surface area contributed by atoms with E-state index in [4.69, 9.17) is 16.3 Å². The van der Waals surface area contributed by atoms with E-state index in [1.807, 2.05) is 0 Å². The van der Waals surface area contributed by atoms with Gasteiger partial charge in [-0.25, -0.2) is 0 Å². The maximum absolute atomic E-state index is 5.82. The molecular weight excluding hydrogens is 222 g/mol. The summed E-state index contributed by atoms with van der Waals surface area (Å²) in [6.45, 7) is 4.82. The van der Waals surface area contributed by atoms with Crippen molar-refractivity contribution >= 4 is 11.6 Å². The van der Waals surface area contributed by atoms with E-state index in [1.165, 1.54) is 11.1 Å². The van der Waals surface area contributed by atoms with Gasteiger partial charge in [-0.1, -0.05) is 24.3 Å². The Balaban J connectivity index is 2.01. The van der Waals surface area contributed by atoms with Crippen LogP contribution in [0.25, 0.3) is 0 Å². The lowest BCUT2D eigenvalue weighted by atomic mass is 10.0. The molecule has 0 saturated carbocycles. The van der Waals surface area contributed by atoms with Crippen LogP contribution >= 0.6 is 11.6 Å². The van der Waals surface area contributed by atoms with E-state index >= 15 is 0 Å². The van der Waals surface area contributed by atoms with Crippen molar-refractivity contribution in [3.63, 3.8) is 0 Å². The summed E-state index contributed by atoms with van der Waals surface area (Å²) in [6.07, 6.45) is 0.960. The molecule has 0 aromatic heterocycles. The van der Waals surface area contributed by atoms with Crippen molar-refractivity contribution < 1.29 is 4.74 Å². The van der Waals surface area contributed by atoms with Crippen LogP contribution in [0, 0.1) is 0 Å². The third-order valence-corrected chi connectivity index (χ3v) is 3.17. The smallest absolute Gasteiger partial charge is 0.0594 e. The normalized spacial score (nSPS) is 17.6. The predicted molar refractivity (Wildman–Crippen MR) is 67.0 cm³/mol. The molecule has 0 aliphatic carbocycles. The minimum Gasteiger partial charge on any atom is -0.379 e. The first-order chi connectivity index (χ1) is 7.90. The predicted octanol–water partition coefficient (Wildman–Crippen LogP) is 2.30. The second-order valence-electron chi connectivity index (χ2n) is 4.10. The number of hydrogen-bond donors (Lipinski definition) is 0. The summed E-state index contributed by atoms with van der Waals surface area (Å²) in [6, 6.07) is 8.58. The zero-order chi connectivity index (χ0) is 11.2. The Morgan fingerprint density at radius 2 is 1.81 bits per heavy atom. The van der Waals surface area contributed by atoms with Crippen LogP contribution in [0.2, 0.25) is 0 Å². The fourth-order valence-corrected chi connectivity index (χ4v) is 2.26. The lowest BCUT2D eigenvalue weighted by molar-refractivity contribution is 0.0341. The number of benzene rings is 1. The molecule has 0 spiro atoms. The molecule has 1 fully saturated rings. The second kappa shape index (κ2) is 6.24. The topological polar surface area (TPSA) is 12.5 Å². The van der Waals surface area contributed by atoms with E-state index in [9.17, 15) is 0 Å². The molecule has 1 aromatic rings. The third-order valence-electron chi connectivity index (χ3n) is 2.98. The van der Waals surface area contributed by atoms with Gasteiger partial charge < -0.3 is 4.74 Å². The number of ether oxygens (including phenoxy) is 1. The fraction of sp³-hybridized carbons (Fsp3) is 0.538. The fourth-order valence-electron chi connectivity index (χ4n) is 2.06. The van der Waals surface area contributed by atoms with Crippen molar-refractivity contribution in [2.45, 2.75) is 13.0 Å². The molecule has 2 nitrogen and oxygen atoms in total. The second-order valence-corrected chi connectivity index (χ2v) is 4.47. The van der Waals surface area contributed by atoms with E-state index in [2.05, 4.69) is 29.2 Å². The Labute approximate surface area is 102 Å². The van der Waals surface area contributed by atoms with Crippen molar-refractivity contribution in [2.75, 3.05) is 32.2 Å². The number of halogens is 1. The van der Waals surface area contributed by atoms with Crippen molar-refractivity contribution in [2.24, 2.45) is 0 Å². The summed E-state index contributed by atoms with van der Waals surface area (Å²) in [7, 11) is 0. The maximum atomic E-state index is 5.82. The van der Waals surface area contributed by atoms with E-state index in [0.29, 0.717) is 5.88 Å². The molecule has 0 radical (unpaired) electrons. The molecule has 16 heavy (non-hydrogen) atoms. The van der Waals surface area contributed by atoms with Gasteiger partial charge in [-0.15, -0.1) is 11.6 Å². The number of rotatable bonds is 4. The molecule has 1 heterocycles. The van der Waals surface area contributed by atoms with Crippen molar-refractivity contribution in [1.29, 1.82) is 0 Å². The van der Waals surface area contributed by atoms with Gasteiger partial charge in [0, 0.05) is 25.5 Å². The average Bonchev–Trinajstić information content (AvgIpc) is 2.33. The molecule has 1 saturated heterocycles. The number of alkyl halides is 1. The Kier molecular flexibility index (Phi) is 4.64. The monoisotopic (exact) mass is 239 g/mol. The Hall–Kier alpha value is -0.570. The summed E-state index contributed by atoms with van der Waals surface area (Å²) in [5.74, 6) is 0.695. The van der Waals surface area contributed by atoms with Gasteiger partial charge >= 0.3 is 0 Å². The van der Waals surface area contributed by atoms with Crippen LogP contribution in [0.3, 0.4) is 0 Å². The molecule has 88 valence electrons. The van der Waals surface area contributed by atoms with Gasteiger partial charge in [0.25, 0.3) is 0 Å². The molecule has 3 heteroatoms. The van der Waals surface area contributed by atoms with Crippen LogP contribution in [0.1, 0.15) is 11.1 Å². The first-order valence-electron chi connectivity index (χ1n) is 5.83. The summed E-state index contributed by atoms with van der Waals surface area (Å²) in [4.78, 5) is 2.44. The quantitative estimate of drug-likeness (QED) is 0.748. The van der Waals surface area contributed by atoms with Gasteiger partial charge in [0.05, 0.1) is 13.2 Å². The van der Waals surface area contributed by atoms with E-state index < -0.39 is 0 Å². The zero-order valence-electron chi connectivity index (χ0n) is 9.49. The van der Waals surface area contributed by atoms with Gasteiger partial charge in [0.15, 0.2) is 0 Å². The molecule has 1 aliphatic heterocycles. The lowest BCUT2D eigenvalue weighted by Crippen LogP contribution is -2.35. The van der Waals surface area contributed by atoms with Gasteiger partial charge in [0.1, 0.15) is 0 Å². The summed E-state index contributed by atoms with van der Waals surface area (Å²) in [5.41, 5.74) is 2.79. The zero-order valence-corrected chi connectivity index (χ0v) is 10.2. The van der Waals surface area contributed by atoms with Crippen LogP contribution in [-0.2, 0) is 17.7 Å². The van der Waals surface area contributed by atoms with Gasteiger partial charge in [-0.05, 0) is 17.5 Å². The van der Waals surface area contributed by atoms with Crippen LogP contribution in [0.4, 0.5) is 0 Å². The number of aryl methyl sites for hydroxylation is 1. The van der Waals surface area contributed by atoms with Gasteiger partial charge in [-0.2, -0.15) is 0 Å². The first kappa shape index (κ1) is 11.9. The highest BCUT2D eigenvalue weighted by Crippen LogP contribution is 2.13. The average molecular weight is 240 g/mol. The minimum atomic E-state index is 0.695. The Morgan fingerprint density at radius 3 is 2.50 bits per heavy atom. The van der Waals surface area contributed by atoms with Crippen LogP contribution < -0.4 is 0 Å². The van der Waals surface area contributed by atoms with E-state index in [0.717, 1.165) is 39.3 Å². The summed E-state index contributed by atoms with van der Waals surface area (Å²) in [5, 5.41) is 0. The Bertz CT molecular complexity index is 323. The van der Waals surface area contributed by atoms with Crippen LogP contribution in [0.15, 0.2) is 24.3 Å². The molecule has 0 unspecified atom stereocenters. The third kappa shape index (κ3) is 3.21. The molecule has 2 rings (SSSR count). The minimum absolute atomic E-state index is 0.695. The van der Waals surface area contributed by atoms with Gasteiger partial charge in [0.2, 0.25) is 0 Å². The molecule has 0 amide bonds. The highest BCUT2D eigenvalue weighted by atomic mass is 35.5. The number of morpholine rings is 1. The van der Waals surface area contributed by atoms with E-state index in [1.54, 1.807) is 0 Å². The molecule has 0 bridgehead atoms. The van der Waals surface area contributed by atoms with Crippen LogP contribution in [-0.4, -0.2) is 37.1 Å². The van der Waals surface area contributed by atoms with Gasteiger partial charge in [-0.3, -0.25) is 4.90 Å². The molecular formula is C13H18ClNO. The molecule has 1 aliphatic rings. The maximum Gasteiger partial charge on any atom is 0.0594 e. The Morgan fingerprint density at radius 1 is 1.12 bits per heavy atom. The lowest BCUT2D eigenvalue weighted by Gasteiger charge is -2.27. The number of hydrogen-bond acceptors (Lipinski definition) is 2. The van der Waals surface area contributed by atoms with Crippen molar-refractivity contribution in [3.8, 4) is 0 Å².